The molecule has 0 rings (SSSR count). The molecule has 0 radical (unpaired) electrons. The third-order valence-electron chi connectivity index (χ3n) is 1.30. The lowest BCUT2D eigenvalue weighted by Crippen LogP contribution is -2.36. The highest BCUT2D eigenvalue weighted by molar-refractivity contribution is 5.86. The van der Waals surface area contributed by atoms with Crippen molar-refractivity contribution in [2.75, 3.05) is 0 Å². The van der Waals surface area contributed by atoms with E-state index in [2.05, 4.69) is 6.58 Å². The summed E-state index contributed by atoms with van der Waals surface area (Å²) in [5.41, 5.74) is 4.99. The van der Waals surface area contributed by atoms with Crippen LogP contribution in [0.1, 0.15) is 13.8 Å². The van der Waals surface area contributed by atoms with Gasteiger partial charge in [0.1, 0.15) is 0 Å². The first-order chi connectivity index (χ1) is 5.49. The predicted octanol–water partition coefficient (Wildman–Crippen LogP) is 0.225. The van der Waals surface area contributed by atoms with E-state index in [0.29, 0.717) is 0 Å². The van der Waals surface area contributed by atoms with Gasteiger partial charge in [-0.3, -0.25) is 4.79 Å². The van der Waals surface area contributed by atoms with Crippen LogP contribution in [0.5, 0.6) is 0 Å². The van der Waals surface area contributed by atoms with Crippen molar-refractivity contribution in [2.24, 2.45) is 11.7 Å². The number of nitrogens with two attached hydrogens (primary N) is 1. The zero-order chi connectivity index (χ0) is 9.72. The Balaban J connectivity index is 4.23. The minimum atomic E-state index is -0.865. The maximum atomic E-state index is 10.7. The molecule has 0 aromatic rings. The van der Waals surface area contributed by atoms with Crippen LogP contribution in [-0.4, -0.2) is 18.0 Å². The van der Waals surface area contributed by atoms with Crippen LogP contribution in [0.25, 0.3) is 0 Å². The fraction of sp³-hybridized carbons (Fsp3) is 0.500. The van der Waals surface area contributed by atoms with Gasteiger partial charge in [-0.1, -0.05) is 20.4 Å². The van der Waals surface area contributed by atoms with Gasteiger partial charge in [-0.2, -0.15) is 0 Å². The fourth-order valence-corrected chi connectivity index (χ4v) is 0.696. The van der Waals surface area contributed by atoms with E-state index in [4.69, 9.17) is 10.5 Å². The minimum Gasteiger partial charge on any atom is -0.449 e. The summed E-state index contributed by atoms with van der Waals surface area (Å²) in [6.45, 7) is 6.69. The molecule has 2 N–H and O–H groups in total. The lowest BCUT2D eigenvalue weighted by atomic mass is 10.1. The van der Waals surface area contributed by atoms with E-state index >= 15 is 0 Å². The number of ether oxygens (including phenoxy) is 1. The molecule has 1 amide bonds. The molecule has 0 heterocycles. The Morgan fingerprint density at radius 1 is 1.50 bits per heavy atom. The van der Waals surface area contributed by atoms with Gasteiger partial charge >= 0.3 is 5.97 Å². The smallest absolute Gasteiger partial charge is 0.330 e. The second-order valence-electron chi connectivity index (χ2n) is 2.71. The van der Waals surface area contributed by atoms with E-state index in [1.165, 1.54) is 0 Å². The molecular formula is C8H13NO3. The van der Waals surface area contributed by atoms with Crippen LogP contribution < -0.4 is 5.73 Å². The van der Waals surface area contributed by atoms with Gasteiger partial charge in [0.2, 0.25) is 0 Å². The van der Waals surface area contributed by atoms with E-state index in [9.17, 15) is 9.59 Å². The van der Waals surface area contributed by atoms with Crippen molar-refractivity contribution in [3.63, 3.8) is 0 Å². The van der Waals surface area contributed by atoms with Gasteiger partial charge in [-0.05, 0) is 5.92 Å². The molecular weight excluding hydrogens is 158 g/mol. The van der Waals surface area contributed by atoms with Gasteiger partial charge in [-0.25, -0.2) is 4.79 Å². The van der Waals surface area contributed by atoms with Gasteiger partial charge in [-0.15, -0.1) is 0 Å². The van der Waals surface area contributed by atoms with E-state index in [1.807, 2.05) is 0 Å². The minimum absolute atomic E-state index is 0.119. The highest BCUT2D eigenvalue weighted by Crippen LogP contribution is 2.06. The number of esters is 1. The molecule has 4 heteroatoms. The average Bonchev–Trinajstić information content (AvgIpc) is 1.98. The Bertz CT molecular complexity index is 198. The van der Waals surface area contributed by atoms with Crippen molar-refractivity contribution in [3.8, 4) is 0 Å². The number of hydrogen-bond acceptors (Lipinski definition) is 3. The summed E-state index contributed by atoms with van der Waals surface area (Å²) < 4.78 is 4.69. The van der Waals surface area contributed by atoms with Crippen LogP contribution in [0.3, 0.4) is 0 Å². The SMILES string of the molecule is C=CC(=O)OC(C(N)=O)C(C)C. The Hall–Kier alpha value is -1.32. The average molecular weight is 171 g/mol. The molecule has 0 saturated carbocycles. The molecule has 1 atom stereocenters. The molecule has 68 valence electrons. The molecule has 4 nitrogen and oxygen atoms in total. The lowest BCUT2D eigenvalue weighted by Gasteiger charge is -2.16. The molecule has 0 fully saturated rings. The third-order valence-corrected chi connectivity index (χ3v) is 1.30. The number of carbonyl (C=O) groups excluding carboxylic acids is 2. The monoisotopic (exact) mass is 171 g/mol. The number of carbonyl (C=O) groups is 2. The summed E-state index contributed by atoms with van der Waals surface area (Å²) in [5, 5.41) is 0. The first kappa shape index (κ1) is 10.7. The van der Waals surface area contributed by atoms with Gasteiger partial charge in [0.05, 0.1) is 0 Å². The molecule has 0 saturated heterocycles. The summed E-state index contributed by atoms with van der Waals surface area (Å²) in [6.07, 6.45) is 0.133. The standard InChI is InChI=1S/C8H13NO3/c1-4-6(10)12-7(5(2)3)8(9)11/h4-5,7H,1H2,2-3H3,(H2,9,11). The van der Waals surface area contributed by atoms with E-state index in [1.54, 1.807) is 13.8 Å². The Morgan fingerprint density at radius 3 is 2.25 bits per heavy atom. The maximum Gasteiger partial charge on any atom is 0.330 e. The van der Waals surface area contributed by atoms with Crippen molar-refractivity contribution in [1.29, 1.82) is 0 Å². The Morgan fingerprint density at radius 2 is 2.00 bits per heavy atom. The van der Waals surface area contributed by atoms with Crippen LogP contribution in [0.4, 0.5) is 0 Å². The highest BCUT2D eigenvalue weighted by atomic mass is 16.5. The van der Waals surface area contributed by atoms with Crippen molar-refractivity contribution in [1.82, 2.24) is 0 Å². The molecule has 0 aromatic heterocycles. The van der Waals surface area contributed by atoms with Crippen LogP contribution in [0, 0.1) is 5.92 Å². The van der Waals surface area contributed by atoms with E-state index < -0.39 is 18.0 Å². The molecule has 0 aliphatic heterocycles. The van der Waals surface area contributed by atoms with Crippen molar-refractivity contribution in [2.45, 2.75) is 20.0 Å². The number of hydrogen-bond donors (Lipinski definition) is 1. The molecule has 12 heavy (non-hydrogen) atoms. The Kier molecular flexibility index (Phi) is 4.04. The number of primary amides is 1. The quantitative estimate of drug-likeness (QED) is 0.486. The van der Waals surface area contributed by atoms with Crippen LogP contribution in [-0.2, 0) is 14.3 Å². The molecule has 0 spiro atoms. The second kappa shape index (κ2) is 4.54. The molecule has 0 aliphatic carbocycles. The summed E-state index contributed by atoms with van der Waals surface area (Å²) in [5.74, 6) is -1.39. The first-order valence-electron chi connectivity index (χ1n) is 3.61. The van der Waals surface area contributed by atoms with Gasteiger partial charge in [0.25, 0.3) is 5.91 Å². The highest BCUT2D eigenvalue weighted by Gasteiger charge is 2.22. The van der Waals surface area contributed by atoms with Gasteiger partial charge in [0.15, 0.2) is 6.10 Å². The van der Waals surface area contributed by atoms with Gasteiger partial charge in [0, 0.05) is 6.08 Å². The van der Waals surface area contributed by atoms with Crippen molar-refractivity contribution < 1.29 is 14.3 Å². The number of amides is 1. The zero-order valence-electron chi connectivity index (χ0n) is 7.24. The van der Waals surface area contributed by atoms with E-state index in [-0.39, 0.29) is 5.92 Å². The Labute approximate surface area is 71.4 Å². The largest absolute Gasteiger partial charge is 0.449 e. The first-order valence-corrected chi connectivity index (χ1v) is 3.61. The normalized spacial score (nSPS) is 12.2. The number of rotatable bonds is 4. The predicted molar refractivity (Wildman–Crippen MR) is 44.1 cm³/mol. The fourth-order valence-electron chi connectivity index (χ4n) is 0.696. The summed E-state index contributed by atoms with van der Waals surface area (Å²) >= 11 is 0. The van der Waals surface area contributed by atoms with Crippen LogP contribution in [0.2, 0.25) is 0 Å². The molecule has 0 aliphatic rings. The van der Waals surface area contributed by atoms with Crippen molar-refractivity contribution in [3.05, 3.63) is 12.7 Å². The maximum absolute atomic E-state index is 10.7. The summed E-state index contributed by atoms with van der Waals surface area (Å²) in [6, 6.07) is 0. The lowest BCUT2D eigenvalue weighted by molar-refractivity contribution is -0.152. The topological polar surface area (TPSA) is 69.4 Å². The summed E-state index contributed by atoms with van der Waals surface area (Å²) in [4.78, 5) is 21.4. The summed E-state index contributed by atoms with van der Waals surface area (Å²) in [7, 11) is 0. The molecule has 0 aromatic carbocycles. The molecule has 0 bridgehead atoms. The van der Waals surface area contributed by atoms with E-state index in [0.717, 1.165) is 6.08 Å². The van der Waals surface area contributed by atoms with Gasteiger partial charge < -0.3 is 10.5 Å². The molecule has 1 unspecified atom stereocenters. The zero-order valence-corrected chi connectivity index (χ0v) is 7.24. The second-order valence-corrected chi connectivity index (χ2v) is 2.71. The third kappa shape index (κ3) is 3.18. The van der Waals surface area contributed by atoms with Crippen LogP contribution >= 0.6 is 0 Å². The van der Waals surface area contributed by atoms with Crippen LogP contribution in [0.15, 0.2) is 12.7 Å². The van der Waals surface area contributed by atoms with Crippen molar-refractivity contribution >= 4 is 11.9 Å².